The molecule has 8 heteroatoms. The molecular formula is C17H28IN7. The lowest BCUT2D eigenvalue weighted by atomic mass is 10.3. The van der Waals surface area contributed by atoms with E-state index < -0.39 is 0 Å². The fourth-order valence-corrected chi connectivity index (χ4v) is 2.59. The molecule has 0 bridgehead atoms. The Morgan fingerprint density at radius 3 is 2.60 bits per heavy atom. The molecule has 0 spiro atoms. The van der Waals surface area contributed by atoms with Gasteiger partial charge in [0.1, 0.15) is 0 Å². The van der Waals surface area contributed by atoms with Crippen LogP contribution in [-0.4, -0.2) is 73.2 Å². The van der Waals surface area contributed by atoms with Crippen molar-refractivity contribution in [1.82, 2.24) is 25.5 Å². The SMILES string of the molecule is C#CCNC(=NCCCN1CCN(c2ncccn2)CC1)NCC.I. The molecule has 0 unspecified atom stereocenters. The number of aliphatic imine (C=N–C) groups is 1. The highest BCUT2D eigenvalue weighted by atomic mass is 127. The molecule has 0 radical (unpaired) electrons. The Labute approximate surface area is 167 Å². The van der Waals surface area contributed by atoms with Crippen molar-refractivity contribution < 1.29 is 0 Å². The van der Waals surface area contributed by atoms with Crippen molar-refractivity contribution >= 4 is 35.9 Å². The van der Waals surface area contributed by atoms with Crippen LogP contribution in [0.4, 0.5) is 5.95 Å². The quantitative estimate of drug-likeness (QED) is 0.208. The van der Waals surface area contributed by atoms with E-state index in [1.165, 1.54) is 0 Å². The average molecular weight is 457 g/mol. The van der Waals surface area contributed by atoms with Crippen LogP contribution in [0.5, 0.6) is 0 Å². The van der Waals surface area contributed by atoms with Gasteiger partial charge in [0.25, 0.3) is 0 Å². The van der Waals surface area contributed by atoms with Crippen LogP contribution in [0.3, 0.4) is 0 Å². The number of nitrogens with one attached hydrogen (secondary N) is 2. The molecule has 2 heterocycles. The summed E-state index contributed by atoms with van der Waals surface area (Å²) in [6, 6.07) is 1.85. The van der Waals surface area contributed by atoms with E-state index in [0.29, 0.717) is 6.54 Å². The predicted molar refractivity (Wildman–Crippen MR) is 114 cm³/mol. The van der Waals surface area contributed by atoms with Gasteiger partial charge in [0.05, 0.1) is 6.54 Å². The number of hydrogen-bond acceptors (Lipinski definition) is 5. The van der Waals surface area contributed by atoms with E-state index >= 15 is 0 Å². The minimum absolute atomic E-state index is 0. The van der Waals surface area contributed by atoms with Crippen LogP contribution >= 0.6 is 24.0 Å². The van der Waals surface area contributed by atoms with Crippen LogP contribution in [-0.2, 0) is 0 Å². The Kier molecular flexibility index (Phi) is 10.9. The first-order valence-electron chi connectivity index (χ1n) is 8.53. The number of terminal acetylenes is 1. The maximum atomic E-state index is 5.26. The van der Waals surface area contributed by atoms with E-state index in [1.54, 1.807) is 12.4 Å². The highest BCUT2D eigenvalue weighted by Gasteiger charge is 2.17. The molecule has 0 amide bonds. The first kappa shape index (κ1) is 21.4. The van der Waals surface area contributed by atoms with Gasteiger partial charge in [-0.1, -0.05) is 5.92 Å². The van der Waals surface area contributed by atoms with Crippen molar-refractivity contribution in [2.45, 2.75) is 13.3 Å². The summed E-state index contributed by atoms with van der Waals surface area (Å²) in [6.45, 7) is 9.25. The summed E-state index contributed by atoms with van der Waals surface area (Å²) >= 11 is 0. The second-order valence-corrected chi connectivity index (χ2v) is 5.55. The lowest BCUT2D eigenvalue weighted by molar-refractivity contribution is 0.255. The molecule has 2 N–H and O–H groups in total. The molecule has 1 aliphatic heterocycles. The number of piperazine rings is 1. The molecule has 138 valence electrons. The molecule has 0 saturated carbocycles. The van der Waals surface area contributed by atoms with Gasteiger partial charge in [0.15, 0.2) is 5.96 Å². The fourth-order valence-electron chi connectivity index (χ4n) is 2.59. The first-order valence-corrected chi connectivity index (χ1v) is 8.53. The van der Waals surface area contributed by atoms with Gasteiger partial charge >= 0.3 is 0 Å². The fraction of sp³-hybridized carbons (Fsp3) is 0.588. The number of halogens is 1. The predicted octanol–water partition coefficient (Wildman–Crippen LogP) is 0.795. The minimum Gasteiger partial charge on any atom is -0.357 e. The van der Waals surface area contributed by atoms with Crippen LogP contribution in [0, 0.1) is 12.3 Å². The summed E-state index contributed by atoms with van der Waals surface area (Å²) in [4.78, 5) is 17.9. The number of hydrogen-bond donors (Lipinski definition) is 2. The maximum absolute atomic E-state index is 5.26. The van der Waals surface area contributed by atoms with E-state index in [9.17, 15) is 0 Å². The molecule has 0 aliphatic carbocycles. The summed E-state index contributed by atoms with van der Waals surface area (Å²) in [7, 11) is 0. The number of guanidine groups is 1. The highest BCUT2D eigenvalue weighted by molar-refractivity contribution is 14.0. The monoisotopic (exact) mass is 457 g/mol. The van der Waals surface area contributed by atoms with Crippen LogP contribution in [0.25, 0.3) is 0 Å². The zero-order valence-electron chi connectivity index (χ0n) is 14.8. The summed E-state index contributed by atoms with van der Waals surface area (Å²) in [5, 5.41) is 6.29. The topological polar surface area (TPSA) is 68.7 Å². The standard InChI is InChI=1S/C17H27N7.HI/c1-3-7-19-16(18-4-2)20-10-6-11-23-12-14-24(15-13-23)17-21-8-5-9-22-17;/h1,5,8-9H,4,6-7,10-15H2,2H3,(H2,18,19,20);1H. The second kappa shape index (κ2) is 12.7. The smallest absolute Gasteiger partial charge is 0.225 e. The Bertz CT molecular complexity index is 536. The molecule has 0 atom stereocenters. The molecule has 0 aromatic carbocycles. The summed E-state index contributed by atoms with van der Waals surface area (Å²) in [6.07, 6.45) is 9.89. The number of aromatic nitrogens is 2. The molecule has 1 aromatic rings. The van der Waals surface area contributed by atoms with Gasteiger partial charge in [0.2, 0.25) is 5.95 Å². The van der Waals surface area contributed by atoms with Crippen molar-refractivity contribution in [2.24, 2.45) is 4.99 Å². The lowest BCUT2D eigenvalue weighted by Crippen LogP contribution is -2.47. The van der Waals surface area contributed by atoms with Gasteiger partial charge in [-0.05, 0) is 19.4 Å². The summed E-state index contributed by atoms with van der Waals surface area (Å²) in [5.74, 6) is 4.18. The van der Waals surface area contributed by atoms with Crippen LogP contribution < -0.4 is 15.5 Å². The molecule has 7 nitrogen and oxygen atoms in total. The molecule has 1 saturated heterocycles. The lowest BCUT2D eigenvalue weighted by Gasteiger charge is -2.34. The molecule has 25 heavy (non-hydrogen) atoms. The summed E-state index contributed by atoms with van der Waals surface area (Å²) < 4.78 is 0. The first-order chi connectivity index (χ1) is 11.8. The van der Waals surface area contributed by atoms with Gasteiger partial charge in [-0.2, -0.15) is 0 Å². The molecule has 1 aromatic heterocycles. The number of rotatable bonds is 7. The number of anilines is 1. The van der Waals surface area contributed by atoms with E-state index in [1.807, 2.05) is 13.0 Å². The van der Waals surface area contributed by atoms with Gasteiger partial charge in [-0.3, -0.25) is 9.89 Å². The highest BCUT2D eigenvalue weighted by Crippen LogP contribution is 2.09. The molecule has 1 fully saturated rings. The second-order valence-electron chi connectivity index (χ2n) is 5.55. The Morgan fingerprint density at radius 2 is 1.96 bits per heavy atom. The Balaban J connectivity index is 0.00000312. The zero-order chi connectivity index (χ0) is 17.0. The van der Waals surface area contributed by atoms with Crippen LogP contribution in [0.1, 0.15) is 13.3 Å². The largest absolute Gasteiger partial charge is 0.357 e. The van der Waals surface area contributed by atoms with E-state index in [-0.39, 0.29) is 24.0 Å². The zero-order valence-corrected chi connectivity index (χ0v) is 17.1. The molecule has 1 aliphatic rings. The van der Waals surface area contributed by atoms with Crippen LogP contribution in [0.2, 0.25) is 0 Å². The third kappa shape index (κ3) is 7.88. The van der Waals surface area contributed by atoms with E-state index in [2.05, 4.69) is 41.3 Å². The van der Waals surface area contributed by atoms with E-state index in [4.69, 9.17) is 6.42 Å². The maximum Gasteiger partial charge on any atom is 0.225 e. The number of nitrogens with zero attached hydrogens (tertiary/aromatic N) is 5. The molecular weight excluding hydrogens is 429 g/mol. The minimum atomic E-state index is 0. The Morgan fingerprint density at radius 1 is 1.24 bits per heavy atom. The average Bonchev–Trinajstić information content (AvgIpc) is 2.64. The van der Waals surface area contributed by atoms with Gasteiger partial charge < -0.3 is 15.5 Å². The van der Waals surface area contributed by atoms with Crippen molar-refractivity contribution in [3.8, 4) is 12.3 Å². The van der Waals surface area contributed by atoms with E-state index in [0.717, 1.165) is 64.1 Å². The van der Waals surface area contributed by atoms with Crippen LogP contribution in [0.15, 0.2) is 23.5 Å². The van der Waals surface area contributed by atoms with Crippen molar-refractivity contribution in [1.29, 1.82) is 0 Å². The van der Waals surface area contributed by atoms with Gasteiger partial charge in [-0.25, -0.2) is 9.97 Å². The summed E-state index contributed by atoms with van der Waals surface area (Å²) in [5.41, 5.74) is 0. The van der Waals surface area contributed by atoms with Gasteiger partial charge in [0, 0.05) is 58.2 Å². The Hall–Kier alpha value is -1.60. The normalized spacial score (nSPS) is 15.2. The third-order valence-corrected chi connectivity index (χ3v) is 3.81. The van der Waals surface area contributed by atoms with Crippen molar-refractivity contribution in [3.63, 3.8) is 0 Å². The van der Waals surface area contributed by atoms with Gasteiger partial charge in [-0.15, -0.1) is 30.4 Å². The molecule has 2 rings (SSSR count). The van der Waals surface area contributed by atoms with Crippen molar-refractivity contribution in [2.75, 3.05) is 57.3 Å². The third-order valence-electron chi connectivity index (χ3n) is 3.81. The van der Waals surface area contributed by atoms with Crippen molar-refractivity contribution in [3.05, 3.63) is 18.5 Å².